The van der Waals surface area contributed by atoms with E-state index in [1.54, 1.807) is 18.2 Å². The van der Waals surface area contributed by atoms with Crippen molar-refractivity contribution >= 4 is 22.9 Å². The molecule has 5 nitrogen and oxygen atoms in total. The lowest BCUT2D eigenvalue weighted by molar-refractivity contribution is -0.143. The van der Waals surface area contributed by atoms with E-state index in [2.05, 4.69) is 4.98 Å². The minimum Gasteiger partial charge on any atom is -0.460 e. The van der Waals surface area contributed by atoms with Gasteiger partial charge in [-0.15, -0.1) is 0 Å². The van der Waals surface area contributed by atoms with Crippen molar-refractivity contribution in [3.63, 3.8) is 0 Å². The molecule has 1 aromatic heterocycles. The van der Waals surface area contributed by atoms with Crippen LogP contribution in [0.2, 0.25) is 0 Å². The Bertz CT molecular complexity index is 975. The molecule has 3 aromatic rings. The highest BCUT2D eigenvalue weighted by Gasteiger charge is 2.09. The molecule has 1 heterocycles. The van der Waals surface area contributed by atoms with Crippen molar-refractivity contribution in [1.29, 1.82) is 0 Å². The van der Waals surface area contributed by atoms with E-state index in [-0.39, 0.29) is 18.7 Å². The summed E-state index contributed by atoms with van der Waals surface area (Å²) in [5.41, 5.74) is 2.37. The summed E-state index contributed by atoms with van der Waals surface area (Å²) in [6, 6.07) is 15.1. The average Bonchev–Trinajstić information content (AvgIpc) is 2.63. The third kappa shape index (κ3) is 4.01. The van der Waals surface area contributed by atoms with Gasteiger partial charge in [0.25, 0.3) is 5.56 Å². The van der Waals surface area contributed by atoms with Crippen molar-refractivity contribution in [2.24, 2.45) is 0 Å². The molecule has 25 heavy (non-hydrogen) atoms. The third-order valence-corrected chi connectivity index (χ3v) is 3.81. The van der Waals surface area contributed by atoms with Gasteiger partial charge in [0.05, 0.1) is 17.2 Å². The zero-order valence-corrected chi connectivity index (χ0v) is 13.9. The van der Waals surface area contributed by atoms with Crippen molar-refractivity contribution in [2.75, 3.05) is 6.61 Å². The summed E-state index contributed by atoms with van der Waals surface area (Å²) in [5, 5.41) is 0.499. The van der Waals surface area contributed by atoms with Gasteiger partial charge < -0.3 is 4.74 Å². The quantitative estimate of drug-likeness (QED) is 0.673. The summed E-state index contributed by atoms with van der Waals surface area (Å²) in [6.45, 7) is 1.89. The molecule has 0 bridgehead atoms. The van der Waals surface area contributed by atoms with E-state index in [9.17, 15) is 9.59 Å². The molecule has 0 atom stereocenters. The minimum absolute atomic E-state index is 0.155. The van der Waals surface area contributed by atoms with Crippen LogP contribution in [0.3, 0.4) is 0 Å². The van der Waals surface area contributed by atoms with E-state index in [1.807, 2.05) is 49.4 Å². The highest BCUT2D eigenvalue weighted by atomic mass is 16.5. The van der Waals surface area contributed by atoms with Crippen LogP contribution in [0, 0.1) is 6.92 Å². The SMILES string of the molecule is Cc1cccc2c(=O)n(CC(=O)OC/C=C/c3ccccc3)cnc12. The highest BCUT2D eigenvalue weighted by Crippen LogP contribution is 2.11. The fourth-order valence-electron chi connectivity index (χ4n) is 2.52. The van der Waals surface area contributed by atoms with Crippen molar-refractivity contribution in [3.8, 4) is 0 Å². The van der Waals surface area contributed by atoms with Crippen LogP contribution in [0.5, 0.6) is 0 Å². The number of hydrogen-bond donors (Lipinski definition) is 0. The van der Waals surface area contributed by atoms with E-state index in [1.165, 1.54) is 10.9 Å². The van der Waals surface area contributed by atoms with Gasteiger partial charge in [-0.25, -0.2) is 4.98 Å². The number of aromatic nitrogens is 2. The fraction of sp³-hybridized carbons (Fsp3) is 0.150. The molecule has 0 saturated heterocycles. The zero-order valence-electron chi connectivity index (χ0n) is 13.9. The number of carbonyl (C=O) groups is 1. The first-order chi connectivity index (χ1) is 12.1. The summed E-state index contributed by atoms with van der Waals surface area (Å²) in [6.07, 6.45) is 5.02. The van der Waals surface area contributed by atoms with Crippen LogP contribution < -0.4 is 5.56 Å². The standard InChI is InChI=1S/C20H18N2O3/c1-15-7-5-11-17-19(15)21-14-22(20(17)24)13-18(23)25-12-6-10-16-8-3-2-4-9-16/h2-11,14H,12-13H2,1H3/b10-6+. The largest absolute Gasteiger partial charge is 0.460 e. The number of para-hydroxylation sites is 1. The molecule has 0 aliphatic carbocycles. The molecule has 0 amide bonds. The van der Waals surface area contributed by atoms with E-state index in [0.29, 0.717) is 10.9 Å². The van der Waals surface area contributed by atoms with E-state index < -0.39 is 5.97 Å². The Morgan fingerprint density at radius 1 is 1.16 bits per heavy atom. The Morgan fingerprint density at radius 2 is 1.96 bits per heavy atom. The summed E-state index contributed by atoms with van der Waals surface area (Å²) in [4.78, 5) is 28.6. The number of fused-ring (bicyclic) bond motifs is 1. The Balaban J connectivity index is 1.63. The summed E-state index contributed by atoms with van der Waals surface area (Å²) < 4.78 is 6.41. The first kappa shape index (κ1) is 16.6. The molecule has 0 aliphatic rings. The normalized spacial score (nSPS) is 11.1. The van der Waals surface area contributed by atoms with Crippen LogP contribution in [0.25, 0.3) is 17.0 Å². The molecule has 3 rings (SSSR count). The second-order valence-electron chi connectivity index (χ2n) is 5.64. The van der Waals surface area contributed by atoms with Gasteiger partial charge in [-0.3, -0.25) is 14.2 Å². The summed E-state index contributed by atoms with van der Waals surface area (Å²) >= 11 is 0. The molecule has 126 valence electrons. The predicted octanol–water partition coefficient (Wildman–Crippen LogP) is 2.96. The van der Waals surface area contributed by atoms with Gasteiger partial charge in [0, 0.05) is 0 Å². The molecule has 0 radical (unpaired) electrons. The number of rotatable bonds is 5. The van der Waals surface area contributed by atoms with Gasteiger partial charge in [0.1, 0.15) is 13.2 Å². The van der Waals surface area contributed by atoms with Crippen LogP contribution in [-0.2, 0) is 16.1 Å². The predicted molar refractivity (Wildman–Crippen MR) is 97.2 cm³/mol. The number of ether oxygens (including phenoxy) is 1. The number of carbonyl (C=O) groups excluding carboxylic acids is 1. The molecule has 2 aromatic carbocycles. The Morgan fingerprint density at radius 3 is 2.76 bits per heavy atom. The van der Waals surface area contributed by atoms with E-state index in [0.717, 1.165) is 11.1 Å². The van der Waals surface area contributed by atoms with Gasteiger partial charge in [-0.2, -0.15) is 0 Å². The maximum absolute atomic E-state index is 12.4. The zero-order chi connectivity index (χ0) is 17.6. The first-order valence-electron chi connectivity index (χ1n) is 7.97. The topological polar surface area (TPSA) is 61.2 Å². The van der Waals surface area contributed by atoms with Crippen LogP contribution in [0.4, 0.5) is 0 Å². The van der Waals surface area contributed by atoms with E-state index >= 15 is 0 Å². The number of nitrogens with zero attached hydrogens (tertiary/aromatic N) is 2. The molecular weight excluding hydrogens is 316 g/mol. The van der Waals surface area contributed by atoms with Crippen LogP contribution in [-0.4, -0.2) is 22.1 Å². The van der Waals surface area contributed by atoms with Gasteiger partial charge in [-0.1, -0.05) is 48.5 Å². The van der Waals surface area contributed by atoms with Crippen molar-refractivity contribution in [1.82, 2.24) is 9.55 Å². The van der Waals surface area contributed by atoms with Crippen molar-refractivity contribution in [2.45, 2.75) is 13.5 Å². The Hall–Kier alpha value is -3.21. The molecule has 0 saturated carbocycles. The number of benzene rings is 2. The molecule has 0 spiro atoms. The number of esters is 1. The summed E-state index contributed by atoms with van der Waals surface area (Å²) in [7, 11) is 0. The maximum Gasteiger partial charge on any atom is 0.326 e. The van der Waals surface area contributed by atoms with Crippen molar-refractivity contribution in [3.05, 3.63) is 82.4 Å². The van der Waals surface area contributed by atoms with Crippen LogP contribution >= 0.6 is 0 Å². The minimum atomic E-state index is -0.478. The Labute approximate surface area is 145 Å². The smallest absolute Gasteiger partial charge is 0.326 e. The lowest BCUT2D eigenvalue weighted by Crippen LogP contribution is -2.25. The third-order valence-electron chi connectivity index (χ3n) is 3.81. The lowest BCUT2D eigenvalue weighted by Gasteiger charge is -2.07. The molecular formula is C20H18N2O3. The number of hydrogen-bond acceptors (Lipinski definition) is 4. The van der Waals surface area contributed by atoms with Crippen molar-refractivity contribution < 1.29 is 9.53 Å². The lowest BCUT2D eigenvalue weighted by atomic mass is 10.1. The van der Waals surface area contributed by atoms with Gasteiger partial charge in [-0.05, 0) is 30.2 Å². The summed E-state index contributed by atoms with van der Waals surface area (Å²) in [5.74, 6) is -0.478. The molecule has 0 unspecified atom stereocenters. The number of aryl methyl sites for hydroxylation is 1. The molecule has 0 aliphatic heterocycles. The first-order valence-corrected chi connectivity index (χ1v) is 7.97. The van der Waals surface area contributed by atoms with Gasteiger partial charge in [0.2, 0.25) is 0 Å². The monoisotopic (exact) mass is 334 g/mol. The van der Waals surface area contributed by atoms with Crippen LogP contribution in [0.1, 0.15) is 11.1 Å². The van der Waals surface area contributed by atoms with Crippen LogP contribution in [0.15, 0.2) is 65.7 Å². The molecule has 0 fully saturated rings. The maximum atomic E-state index is 12.4. The van der Waals surface area contributed by atoms with Gasteiger partial charge in [0.15, 0.2) is 0 Å². The average molecular weight is 334 g/mol. The second-order valence-corrected chi connectivity index (χ2v) is 5.64. The van der Waals surface area contributed by atoms with E-state index in [4.69, 9.17) is 4.74 Å². The molecule has 0 N–H and O–H groups in total. The Kier molecular flexibility index (Phi) is 5.04. The van der Waals surface area contributed by atoms with Gasteiger partial charge >= 0.3 is 5.97 Å². The molecule has 5 heteroatoms. The second kappa shape index (κ2) is 7.57. The fourth-order valence-corrected chi connectivity index (χ4v) is 2.52. The highest BCUT2D eigenvalue weighted by molar-refractivity contribution is 5.80.